The van der Waals surface area contributed by atoms with Gasteiger partial charge in [-0.05, 0) is 24.2 Å². The van der Waals surface area contributed by atoms with Crippen LogP contribution in [0.15, 0.2) is 24.3 Å². The molecule has 100 valence electrons. The number of benzene rings is 1. The lowest BCUT2D eigenvalue weighted by Crippen LogP contribution is -2.57. The quantitative estimate of drug-likeness (QED) is 0.433. The van der Waals surface area contributed by atoms with E-state index >= 15 is 0 Å². The number of carbonyl (C=O) groups excluding carboxylic acids is 1. The summed E-state index contributed by atoms with van der Waals surface area (Å²) in [7, 11) is 1.11. The number of phenolic OH excluding ortho intramolecular Hbond substituents is 1. The van der Waals surface area contributed by atoms with Gasteiger partial charge in [0.2, 0.25) is 5.72 Å². The molecule has 6 nitrogen and oxygen atoms in total. The van der Waals surface area contributed by atoms with Gasteiger partial charge in [-0.15, -0.1) is 0 Å². The monoisotopic (exact) mass is 255 g/mol. The summed E-state index contributed by atoms with van der Waals surface area (Å²) >= 11 is 0. The number of aliphatic hydroxyl groups is 2. The number of hydrogen-bond donors (Lipinski definition) is 4. The third-order valence-electron chi connectivity index (χ3n) is 2.52. The number of phenols is 1. The van der Waals surface area contributed by atoms with E-state index in [0.717, 1.165) is 7.11 Å². The minimum Gasteiger partial charge on any atom is -0.508 e. The predicted molar refractivity (Wildman–Crippen MR) is 63.7 cm³/mol. The van der Waals surface area contributed by atoms with Gasteiger partial charge in [0.1, 0.15) is 11.9 Å². The SMILES string of the molecule is CCNC(O)(C(=O)OC)C(O)c1cccc(O)c1. The number of likely N-dealkylation sites (N-methyl/N-ethyl adjacent to an activating group) is 1. The lowest BCUT2D eigenvalue weighted by molar-refractivity contribution is -0.182. The second-order valence-electron chi connectivity index (χ2n) is 3.79. The van der Waals surface area contributed by atoms with Crippen LogP contribution < -0.4 is 5.32 Å². The van der Waals surface area contributed by atoms with Crippen LogP contribution in [0.5, 0.6) is 5.75 Å². The largest absolute Gasteiger partial charge is 0.508 e. The van der Waals surface area contributed by atoms with E-state index < -0.39 is 17.8 Å². The van der Waals surface area contributed by atoms with Crippen molar-refractivity contribution in [3.63, 3.8) is 0 Å². The number of carbonyl (C=O) groups is 1. The number of nitrogens with one attached hydrogen (secondary N) is 1. The van der Waals surface area contributed by atoms with Crippen molar-refractivity contribution in [3.05, 3.63) is 29.8 Å². The molecule has 4 N–H and O–H groups in total. The van der Waals surface area contributed by atoms with E-state index in [1.54, 1.807) is 6.92 Å². The number of aromatic hydroxyl groups is 1. The van der Waals surface area contributed by atoms with E-state index in [0.29, 0.717) is 0 Å². The van der Waals surface area contributed by atoms with E-state index in [4.69, 9.17) is 0 Å². The molecule has 18 heavy (non-hydrogen) atoms. The highest BCUT2D eigenvalue weighted by molar-refractivity contribution is 5.79. The molecule has 0 aliphatic heterocycles. The minimum atomic E-state index is -2.25. The number of ether oxygens (including phenoxy) is 1. The summed E-state index contributed by atoms with van der Waals surface area (Å²) in [4.78, 5) is 11.6. The fourth-order valence-corrected chi connectivity index (χ4v) is 1.64. The molecule has 0 fully saturated rings. The molecule has 0 amide bonds. The second kappa shape index (κ2) is 5.81. The predicted octanol–water partition coefficient (Wildman–Crippen LogP) is -0.103. The van der Waals surface area contributed by atoms with Crippen LogP contribution in [-0.4, -0.2) is 40.7 Å². The topological polar surface area (TPSA) is 99.0 Å². The fourth-order valence-electron chi connectivity index (χ4n) is 1.64. The van der Waals surface area contributed by atoms with Gasteiger partial charge in [-0.2, -0.15) is 0 Å². The van der Waals surface area contributed by atoms with Crippen LogP contribution in [0.4, 0.5) is 0 Å². The molecule has 0 aromatic heterocycles. The van der Waals surface area contributed by atoms with E-state index in [-0.39, 0.29) is 17.9 Å². The van der Waals surface area contributed by atoms with Crippen molar-refractivity contribution in [3.8, 4) is 5.75 Å². The third-order valence-corrected chi connectivity index (χ3v) is 2.52. The van der Waals surface area contributed by atoms with Crippen molar-refractivity contribution >= 4 is 5.97 Å². The van der Waals surface area contributed by atoms with Crippen molar-refractivity contribution in [2.45, 2.75) is 18.8 Å². The Morgan fingerprint density at radius 3 is 2.72 bits per heavy atom. The van der Waals surface area contributed by atoms with Crippen molar-refractivity contribution in [2.24, 2.45) is 0 Å². The maximum atomic E-state index is 11.6. The third kappa shape index (κ3) is 2.79. The van der Waals surface area contributed by atoms with Crippen molar-refractivity contribution in [1.82, 2.24) is 5.32 Å². The molecular formula is C12H17NO5. The first-order valence-electron chi connectivity index (χ1n) is 5.48. The summed E-state index contributed by atoms with van der Waals surface area (Å²) in [6, 6.07) is 5.66. The smallest absolute Gasteiger partial charge is 0.356 e. The lowest BCUT2D eigenvalue weighted by atomic mass is 9.98. The lowest BCUT2D eigenvalue weighted by Gasteiger charge is -2.30. The van der Waals surface area contributed by atoms with E-state index in [9.17, 15) is 20.1 Å². The molecule has 0 saturated heterocycles. The Morgan fingerprint density at radius 2 is 2.22 bits per heavy atom. The molecule has 6 heteroatoms. The normalized spacial score (nSPS) is 15.8. The van der Waals surface area contributed by atoms with Gasteiger partial charge in [0.25, 0.3) is 0 Å². The van der Waals surface area contributed by atoms with Gasteiger partial charge >= 0.3 is 5.97 Å². The molecule has 0 spiro atoms. The minimum absolute atomic E-state index is 0.0738. The maximum Gasteiger partial charge on any atom is 0.356 e. The Kier molecular flexibility index (Phi) is 4.66. The maximum absolute atomic E-state index is 11.6. The van der Waals surface area contributed by atoms with E-state index in [2.05, 4.69) is 10.1 Å². The molecular weight excluding hydrogens is 238 g/mol. The highest BCUT2D eigenvalue weighted by Gasteiger charge is 2.44. The van der Waals surface area contributed by atoms with Gasteiger partial charge < -0.3 is 20.1 Å². The zero-order chi connectivity index (χ0) is 13.8. The van der Waals surface area contributed by atoms with Crippen LogP contribution in [0.25, 0.3) is 0 Å². The fraction of sp³-hybridized carbons (Fsp3) is 0.417. The molecule has 2 atom stereocenters. The first-order chi connectivity index (χ1) is 8.45. The van der Waals surface area contributed by atoms with Crippen LogP contribution in [0.3, 0.4) is 0 Å². The molecule has 0 aliphatic carbocycles. The summed E-state index contributed by atoms with van der Waals surface area (Å²) < 4.78 is 4.47. The first kappa shape index (κ1) is 14.4. The molecule has 1 aromatic rings. The number of methoxy groups -OCH3 is 1. The molecule has 0 radical (unpaired) electrons. The first-order valence-corrected chi connectivity index (χ1v) is 5.48. The van der Waals surface area contributed by atoms with Crippen molar-refractivity contribution in [1.29, 1.82) is 0 Å². The number of rotatable bonds is 5. The standard InChI is InChI=1S/C12H17NO5/c1-3-13-12(17,11(16)18-2)10(15)8-5-4-6-9(14)7-8/h4-7,10,13-15,17H,3H2,1-2H3. The van der Waals surface area contributed by atoms with Gasteiger partial charge in [-0.1, -0.05) is 19.1 Å². The highest BCUT2D eigenvalue weighted by Crippen LogP contribution is 2.27. The average molecular weight is 255 g/mol. The number of hydrogen-bond acceptors (Lipinski definition) is 6. The van der Waals surface area contributed by atoms with Crippen LogP contribution in [0.1, 0.15) is 18.6 Å². The van der Waals surface area contributed by atoms with Crippen LogP contribution in [-0.2, 0) is 9.53 Å². The van der Waals surface area contributed by atoms with Crippen LogP contribution in [0.2, 0.25) is 0 Å². The Balaban J connectivity index is 3.10. The summed E-state index contributed by atoms with van der Waals surface area (Å²) in [6.07, 6.45) is -1.56. The van der Waals surface area contributed by atoms with E-state index in [1.807, 2.05) is 0 Å². The number of esters is 1. The molecule has 2 unspecified atom stereocenters. The Bertz CT molecular complexity index is 423. The van der Waals surface area contributed by atoms with Gasteiger partial charge in [-0.25, -0.2) is 4.79 Å². The van der Waals surface area contributed by atoms with Crippen molar-refractivity contribution < 1.29 is 24.9 Å². The molecule has 0 bridgehead atoms. The average Bonchev–Trinajstić information content (AvgIpc) is 2.37. The zero-order valence-electron chi connectivity index (χ0n) is 10.3. The highest BCUT2D eigenvalue weighted by atomic mass is 16.5. The molecule has 0 saturated carbocycles. The Morgan fingerprint density at radius 1 is 1.56 bits per heavy atom. The van der Waals surface area contributed by atoms with Gasteiger partial charge in [0.15, 0.2) is 0 Å². The van der Waals surface area contributed by atoms with Gasteiger partial charge in [0, 0.05) is 0 Å². The van der Waals surface area contributed by atoms with Gasteiger partial charge in [0.05, 0.1) is 7.11 Å². The Hall–Kier alpha value is -1.63. The molecule has 1 aromatic carbocycles. The zero-order valence-corrected chi connectivity index (χ0v) is 10.3. The van der Waals surface area contributed by atoms with Crippen LogP contribution in [0, 0.1) is 0 Å². The van der Waals surface area contributed by atoms with Crippen LogP contribution >= 0.6 is 0 Å². The Labute approximate surface area is 105 Å². The number of aliphatic hydroxyl groups excluding tert-OH is 1. The molecule has 0 aliphatic rings. The molecule has 1 rings (SSSR count). The van der Waals surface area contributed by atoms with Crippen molar-refractivity contribution in [2.75, 3.05) is 13.7 Å². The summed E-state index contributed by atoms with van der Waals surface area (Å²) in [5.41, 5.74) is -2.05. The molecule has 0 heterocycles. The summed E-state index contributed by atoms with van der Waals surface area (Å²) in [5, 5.41) is 32.0. The van der Waals surface area contributed by atoms with Gasteiger partial charge in [-0.3, -0.25) is 5.32 Å². The second-order valence-corrected chi connectivity index (χ2v) is 3.79. The summed E-state index contributed by atoms with van der Waals surface area (Å²) in [6.45, 7) is 1.92. The van der Waals surface area contributed by atoms with E-state index in [1.165, 1.54) is 24.3 Å². The summed E-state index contributed by atoms with van der Waals surface area (Å²) in [5.74, 6) is -1.07.